The van der Waals surface area contributed by atoms with Crippen molar-refractivity contribution in [2.45, 2.75) is 36.8 Å². The van der Waals surface area contributed by atoms with Crippen LogP contribution in [0.2, 0.25) is 0 Å². The molecule has 3 amide bonds. The van der Waals surface area contributed by atoms with Gasteiger partial charge in [-0.1, -0.05) is 0 Å². The molecule has 110 valence electrons. The summed E-state index contributed by atoms with van der Waals surface area (Å²) in [5, 5.41) is 41.4. The average Bonchev–Trinajstić information content (AvgIpc) is 2.69. The van der Waals surface area contributed by atoms with Crippen LogP contribution in [0.25, 0.3) is 0 Å². The average molecular weight is 285 g/mol. The molecule has 0 aromatic heterocycles. The maximum Gasteiger partial charge on any atom is 0.325 e. The molecule has 5 atom stereocenters. The van der Waals surface area contributed by atoms with Crippen LogP contribution in [0.15, 0.2) is 0 Å². The molecule has 20 heavy (non-hydrogen) atoms. The van der Waals surface area contributed by atoms with E-state index in [1.165, 1.54) is 0 Å². The number of imide groups is 1. The Hall–Kier alpha value is -1.73. The number of nitriles is 1. The third kappa shape index (κ3) is 2.59. The highest BCUT2D eigenvalue weighted by Crippen LogP contribution is 2.14. The van der Waals surface area contributed by atoms with Crippen molar-refractivity contribution in [3.8, 4) is 6.07 Å². The summed E-state index contributed by atoms with van der Waals surface area (Å²) >= 11 is 0. The second-order valence-corrected chi connectivity index (χ2v) is 5.04. The molecule has 0 spiro atoms. The van der Waals surface area contributed by atoms with Crippen LogP contribution in [0.3, 0.4) is 0 Å². The van der Waals surface area contributed by atoms with Gasteiger partial charge in [0.2, 0.25) is 5.91 Å². The van der Waals surface area contributed by atoms with Gasteiger partial charge in [0.15, 0.2) is 0 Å². The van der Waals surface area contributed by atoms with Gasteiger partial charge in [-0.3, -0.25) is 10.1 Å². The predicted octanol–water partition coefficient (Wildman–Crippen LogP) is -4.15. The zero-order valence-electron chi connectivity index (χ0n) is 10.6. The molecule has 6 N–H and O–H groups in total. The second-order valence-electron chi connectivity index (χ2n) is 5.04. The molecule has 0 aromatic rings. The number of hydrogen-bond donors (Lipinski definition) is 5. The molecule has 9 heteroatoms. The molecule has 2 aliphatic heterocycles. The number of nitrogens with one attached hydrogen (secondary N) is 1. The van der Waals surface area contributed by atoms with Gasteiger partial charge in [0.05, 0.1) is 25.6 Å². The number of carbonyl (C=O) groups is 2. The number of nitrogens with two attached hydrogens (primary N) is 1. The first-order valence-electron chi connectivity index (χ1n) is 6.30. The monoisotopic (exact) mass is 285 g/mol. The highest BCUT2D eigenvalue weighted by Gasteiger charge is 2.47. The molecule has 2 aliphatic rings. The summed E-state index contributed by atoms with van der Waals surface area (Å²) in [4.78, 5) is 24.1. The number of aliphatic hydroxyl groups is 3. The second kappa shape index (κ2) is 5.72. The number of quaternary nitrogens is 1. The minimum Gasteiger partial charge on any atom is -0.390 e. The third-order valence-corrected chi connectivity index (χ3v) is 3.75. The number of hydrogen-bond acceptors (Lipinski definition) is 6. The highest BCUT2D eigenvalue weighted by atomic mass is 16.3. The smallest absolute Gasteiger partial charge is 0.325 e. The van der Waals surface area contributed by atoms with Gasteiger partial charge in [0, 0.05) is 0 Å². The van der Waals surface area contributed by atoms with Crippen LogP contribution in [0, 0.1) is 11.3 Å². The maximum absolute atomic E-state index is 11.7. The van der Waals surface area contributed by atoms with Crippen molar-refractivity contribution in [2.75, 3.05) is 13.2 Å². The summed E-state index contributed by atoms with van der Waals surface area (Å²) < 4.78 is 0. The van der Waals surface area contributed by atoms with Crippen molar-refractivity contribution in [3.63, 3.8) is 0 Å². The standard InChI is InChI=1S/C11H16N4O5/c12-2-5-1-8(17)14-11(20)15(5)3-6-9(18)10(19)7(4-16)13-6/h5-7,9-10,13,16,18-19H,1,3-4H2,(H,14,17,20)/p+1/t5?,6-,7+,9?,10?/m0/s1. The molecular weight excluding hydrogens is 268 g/mol. The number of nitrogens with zero attached hydrogens (tertiary/aromatic N) is 2. The Kier molecular flexibility index (Phi) is 4.20. The molecule has 2 saturated heterocycles. The van der Waals surface area contributed by atoms with Crippen molar-refractivity contribution < 1.29 is 30.2 Å². The van der Waals surface area contributed by atoms with E-state index in [1.807, 2.05) is 6.07 Å². The molecule has 2 fully saturated rings. The van der Waals surface area contributed by atoms with Gasteiger partial charge >= 0.3 is 6.03 Å². The number of carbonyl (C=O) groups excluding carboxylic acids is 2. The van der Waals surface area contributed by atoms with E-state index in [-0.39, 0.29) is 19.6 Å². The lowest BCUT2D eigenvalue weighted by molar-refractivity contribution is -0.707. The lowest BCUT2D eigenvalue weighted by atomic mass is 10.1. The predicted molar refractivity (Wildman–Crippen MR) is 62.9 cm³/mol. The number of urea groups is 1. The summed E-state index contributed by atoms with van der Waals surface area (Å²) in [6.45, 7) is -0.298. The lowest BCUT2D eigenvalue weighted by Gasteiger charge is -2.32. The zero-order chi connectivity index (χ0) is 14.9. The SMILES string of the molecule is N#CC1CC(=O)NC(=O)N1C[C@@H]1[NH2+][C@H](CO)C(O)C1O. The lowest BCUT2D eigenvalue weighted by Crippen LogP contribution is -2.95. The summed E-state index contributed by atoms with van der Waals surface area (Å²) in [6.07, 6.45) is -2.33. The fourth-order valence-corrected chi connectivity index (χ4v) is 2.61. The number of amides is 3. The van der Waals surface area contributed by atoms with Crippen molar-refractivity contribution in [3.05, 3.63) is 0 Å². The Morgan fingerprint density at radius 2 is 2.00 bits per heavy atom. The van der Waals surface area contributed by atoms with E-state index < -0.39 is 42.3 Å². The van der Waals surface area contributed by atoms with Gasteiger partial charge in [-0.25, -0.2) is 4.79 Å². The van der Waals surface area contributed by atoms with Gasteiger partial charge in [-0.05, 0) is 0 Å². The third-order valence-electron chi connectivity index (χ3n) is 3.75. The minimum absolute atomic E-state index is 0.00602. The topological polar surface area (TPSA) is 150 Å². The van der Waals surface area contributed by atoms with Crippen molar-refractivity contribution in [1.82, 2.24) is 10.2 Å². The van der Waals surface area contributed by atoms with Crippen molar-refractivity contribution >= 4 is 11.9 Å². The molecule has 0 radical (unpaired) electrons. The molecule has 2 rings (SSSR count). The van der Waals surface area contributed by atoms with E-state index in [2.05, 4.69) is 5.32 Å². The van der Waals surface area contributed by atoms with Crippen LogP contribution in [-0.2, 0) is 4.79 Å². The fraction of sp³-hybridized carbons (Fsp3) is 0.727. The largest absolute Gasteiger partial charge is 0.390 e. The Bertz CT molecular complexity index is 451. The molecular formula is C11H17N4O5+. The summed E-state index contributed by atoms with van der Waals surface area (Å²) in [7, 11) is 0. The molecule has 0 aliphatic carbocycles. The molecule has 3 unspecified atom stereocenters. The van der Waals surface area contributed by atoms with Gasteiger partial charge in [-0.2, -0.15) is 5.26 Å². The molecule has 0 aromatic carbocycles. The van der Waals surface area contributed by atoms with Crippen LogP contribution in [-0.4, -0.2) is 75.6 Å². The zero-order valence-corrected chi connectivity index (χ0v) is 10.6. The van der Waals surface area contributed by atoms with Gasteiger partial charge in [0.25, 0.3) is 0 Å². The first-order valence-corrected chi connectivity index (χ1v) is 6.30. The quantitative estimate of drug-likeness (QED) is 0.355. The first-order chi connectivity index (χ1) is 9.47. The summed E-state index contributed by atoms with van der Waals surface area (Å²) in [5.74, 6) is -0.512. The molecule has 0 bridgehead atoms. The number of rotatable bonds is 3. The summed E-state index contributed by atoms with van der Waals surface area (Å²) in [6, 6.07) is -0.818. The van der Waals surface area contributed by atoms with E-state index in [0.29, 0.717) is 0 Å². The maximum atomic E-state index is 11.7. The van der Waals surface area contributed by atoms with Gasteiger partial charge in [-0.15, -0.1) is 0 Å². The van der Waals surface area contributed by atoms with Gasteiger partial charge < -0.3 is 25.5 Å². The van der Waals surface area contributed by atoms with Crippen LogP contribution < -0.4 is 10.6 Å². The van der Waals surface area contributed by atoms with Crippen LogP contribution in [0.1, 0.15) is 6.42 Å². The van der Waals surface area contributed by atoms with E-state index in [4.69, 9.17) is 10.4 Å². The van der Waals surface area contributed by atoms with Crippen molar-refractivity contribution in [1.29, 1.82) is 5.26 Å². The first kappa shape index (κ1) is 14.7. The van der Waals surface area contributed by atoms with Crippen LogP contribution in [0.4, 0.5) is 4.79 Å². The molecule has 2 heterocycles. The van der Waals surface area contributed by atoms with Crippen LogP contribution >= 0.6 is 0 Å². The Morgan fingerprint density at radius 1 is 1.35 bits per heavy atom. The van der Waals surface area contributed by atoms with E-state index in [9.17, 15) is 19.8 Å². The van der Waals surface area contributed by atoms with Crippen LogP contribution in [0.5, 0.6) is 0 Å². The fourth-order valence-electron chi connectivity index (χ4n) is 2.61. The summed E-state index contributed by atoms with van der Waals surface area (Å²) in [5.41, 5.74) is 0. The Morgan fingerprint density at radius 3 is 2.55 bits per heavy atom. The van der Waals surface area contributed by atoms with Gasteiger partial charge in [0.1, 0.15) is 30.3 Å². The molecule has 0 saturated carbocycles. The van der Waals surface area contributed by atoms with Crippen molar-refractivity contribution in [2.24, 2.45) is 0 Å². The molecule has 9 nitrogen and oxygen atoms in total. The minimum atomic E-state index is -1.11. The van der Waals surface area contributed by atoms with E-state index >= 15 is 0 Å². The van der Waals surface area contributed by atoms with E-state index in [0.717, 1.165) is 4.90 Å². The Balaban J connectivity index is 2.07. The normalized spacial score (nSPS) is 37.7. The number of aliphatic hydroxyl groups excluding tert-OH is 3. The van der Waals surface area contributed by atoms with E-state index in [1.54, 1.807) is 5.32 Å². The Labute approximate surface area is 114 Å². The highest BCUT2D eigenvalue weighted by molar-refractivity contribution is 5.97.